The van der Waals surface area contributed by atoms with E-state index >= 15 is 4.79 Å². The first-order valence-corrected chi connectivity index (χ1v) is 16.2. The molecule has 1 aliphatic heterocycles. The van der Waals surface area contributed by atoms with Crippen molar-refractivity contribution in [2.75, 3.05) is 6.61 Å². The quantitative estimate of drug-likeness (QED) is 0.179. The van der Waals surface area contributed by atoms with Gasteiger partial charge < -0.3 is 44.1 Å². The Balaban J connectivity index is 1.84. The zero-order valence-corrected chi connectivity index (χ0v) is 28.5. The highest BCUT2D eigenvalue weighted by Gasteiger charge is 2.78. The fourth-order valence-electron chi connectivity index (χ4n) is 8.42. The predicted molar refractivity (Wildman–Crippen MR) is 166 cm³/mol. The van der Waals surface area contributed by atoms with E-state index in [0.717, 1.165) is 13.8 Å². The Labute approximate surface area is 283 Å². The first-order chi connectivity index (χ1) is 22.7. The molecule has 268 valence electrons. The fourth-order valence-corrected chi connectivity index (χ4v) is 8.42. The van der Waals surface area contributed by atoms with E-state index in [1.165, 1.54) is 32.9 Å². The topological polar surface area (TPSA) is 212 Å². The maximum atomic E-state index is 15.1. The molecule has 4 N–H and O–H groups in total. The molecule has 2 saturated carbocycles. The van der Waals surface area contributed by atoms with E-state index in [-0.39, 0.29) is 29.7 Å². The van der Waals surface area contributed by atoms with E-state index in [1.807, 2.05) is 0 Å². The molecule has 4 aliphatic rings. The molecule has 0 unspecified atom stereocenters. The summed E-state index contributed by atoms with van der Waals surface area (Å²) >= 11 is 0. The number of esters is 4. The maximum absolute atomic E-state index is 15.1. The van der Waals surface area contributed by atoms with E-state index < -0.39 is 107 Å². The van der Waals surface area contributed by atoms with Crippen LogP contribution in [0.5, 0.6) is 0 Å². The normalized spacial score (nSPS) is 37.5. The van der Waals surface area contributed by atoms with Gasteiger partial charge in [0.2, 0.25) is 0 Å². The fraction of sp³-hybridized carbons (Fsp3) is 0.629. The van der Waals surface area contributed by atoms with Crippen LogP contribution in [0.15, 0.2) is 41.5 Å². The number of hydrogen-bond donors (Lipinski definition) is 4. The smallest absolute Gasteiger partial charge is 0.338 e. The number of ether oxygens (including phenoxy) is 5. The lowest BCUT2D eigenvalue weighted by molar-refractivity contribution is -0.346. The molecule has 3 fully saturated rings. The summed E-state index contributed by atoms with van der Waals surface area (Å²) in [6.07, 6.45) is -11.6. The Morgan fingerprint density at radius 1 is 0.980 bits per heavy atom. The summed E-state index contributed by atoms with van der Waals surface area (Å²) < 4.78 is 29.4. The molecule has 5 rings (SSSR count). The van der Waals surface area contributed by atoms with Crippen LogP contribution >= 0.6 is 0 Å². The van der Waals surface area contributed by atoms with Gasteiger partial charge >= 0.3 is 23.9 Å². The Hall–Kier alpha value is -3.69. The van der Waals surface area contributed by atoms with Crippen LogP contribution in [0.2, 0.25) is 0 Å². The van der Waals surface area contributed by atoms with E-state index in [2.05, 4.69) is 0 Å². The van der Waals surface area contributed by atoms with Crippen molar-refractivity contribution in [3.05, 3.63) is 47.0 Å². The number of carbonyl (C=O) groups excluding carboxylic acids is 5. The summed E-state index contributed by atoms with van der Waals surface area (Å²) in [5, 5.41) is 45.3. The van der Waals surface area contributed by atoms with Gasteiger partial charge in [0.25, 0.3) is 0 Å². The number of aliphatic hydroxyl groups excluding tert-OH is 3. The maximum Gasteiger partial charge on any atom is 0.338 e. The van der Waals surface area contributed by atoms with Gasteiger partial charge in [0.1, 0.15) is 23.9 Å². The largest absolute Gasteiger partial charge is 0.456 e. The van der Waals surface area contributed by atoms with Gasteiger partial charge in [-0.1, -0.05) is 32.0 Å². The van der Waals surface area contributed by atoms with Gasteiger partial charge in [-0.15, -0.1) is 0 Å². The number of rotatable bonds is 7. The molecule has 11 atom stereocenters. The van der Waals surface area contributed by atoms with Crippen molar-refractivity contribution in [3.8, 4) is 0 Å². The molecular weight excluding hydrogens is 644 g/mol. The van der Waals surface area contributed by atoms with Gasteiger partial charge in [-0.05, 0) is 44.1 Å². The van der Waals surface area contributed by atoms with Crippen LogP contribution in [0.4, 0.5) is 0 Å². The molecule has 1 aromatic rings. The second-order valence-corrected chi connectivity index (χ2v) is 14.4. The Kier molecular flexibility index (Phi) is 9.39. The average molecular weight is 689 g/mol. The number of Topliss-reactive ketones (excluding diaryl/α,β-unsaturated/α-hetero) is 1. The lowest BCUT2D eigenvalue weighted by Gasteiger charge is -2.67. The second kappa shape index (κ2) is 12.6. The van der Waals surface area contributed by atoms with E-state index in [0.29, 0.717) is 0 Å². The minimum Gasteiger partial charge on any atom is -0.456 e. The third-order valence-electron chi connectivity index (χ3n) is 11.1. The average Bonchev–Trinajstić information content (AvgIpc) is 3.02. The zero-order chi connectivity index (χ0) is 36.4. The first-order valence-electron chi connectivity index (χ1n) is 16.2. The van der Waals surface area contributed by atoms with Gasteiger partial charge in [-0.2, -0.15) is 0 Å². The predicted octanol–water partition coefficient (Wildman–Crippen LogP) is 0.945. The van der Waals surface area contributed by atoms with Crippen LogP contribution in [-0.4, -0.2) is 111 Å². The van der Waals surface area contributed by atoms with Gasteiger partial charge in [0, 0.05) is 32.1 Å². The van der Waals surface area contributed by atoms with Crippen molar-refractivity contribution in [1.29, 1.82) is 0 Å². The molecular formula is C35H44O14. The molecule has 3 aliphatic carbocycles. The van der Waals surface area contributed by atoms with Crippen LogP contribution in [0, 0.1) is 16.7 Å². The molecule has 2 bridgehead atoms. The molecule has 0 aromatic heterocycles. The number of carbonyl (C=O) groups is 5. The Morgan fingerprint density at radius 3 is 2.14 bits per heavy atom. The SMILES string of the molecule is CC(=O)O[C@H]1C(=O)[C@@]2(C)[C@H]([C@H](OC(=O)c3ccccc3)[C@@]3(O)C[C@H](OC(=O)[C@H](O)[C@@H](C)O)C(C)=C1C3(C)C)[C@]1(OC(C)=O)CO[C@@H]1C[C@@H]2O. The van der Waals surface area contributed by atoms with Gasteiger partial charge in [0.05, 0.1) is 35.7 Å². The third kappa shape index (κ3) is 5.57. The zero-order valence-electron chi connectivity index (χ0n) is 28.5. The minimum absolute atomic E-state index is 0.0203. The molecule has 14 nitrogen and oxygen atoms in total. The second-order valence-electron chi connectivity index (χ2n) is 14.4. The number of fused-ring (bicyclic) bond motifs is 5. The summed E-state index contributed by atoms with van der Waals surface area (Å²) in [6, 6.07) is 7.83. The highest BCUT2D eigenvalue weighted by atomic mass is 16.6. The first kappa shape index (κ1) is 36.6. The van der Waals surface area contributed by atoms with Crippen LogP contribution in [-0.2, 0) is 42.9 Å². The molecule has 1 aromatic carbocycles. The van der Waals surface area contributed by atoms with Gasteiger partial charge in [-0.25, -0.2) is 9.59 Å². The number of benzene rings is 1. The third-order valence-corrected chi connectivity index (χ3v) is 11.1. The van der Waals surface area contributed by atoms with Crippen molar-refractivity contribution in [2.45, 2.75) is 115 Å². The van der Waals surface area contributed by atoms with Crippen LogP contribution < -0.4 is 0 Å². The van der Waals surface area contributed by atoms with Crippen LogP contribution in [0.1, 0.15) is 71.7 Å². The molecule has 14 heteroatoms. The number of aliphatic hydroxyl groups is 4. The lowest BCUT2D eigenvalue weighted by atomic mass is 9.44. The van der Waals surface area contributed by atoms with E-state index in [9.17, 15) is 39.6 Å². The van der Waals surface area contributed by atoms with E-state index in [4.69, 9.17) is 23.7 Å². The molecule has 0 spiro atoms. The van der Waals surface area contributed by atoms with Crippen molar-refractivity contribution >= 4 is 29.7 Å². The van der Waals surface area contributed by atoms with Gasteiger partial charge in [0.15, 0.2) is 23.6 Å². The molecule has 1 heterocycles. The molecule has 0 amide bonds. The number of ketones is 1. The monoisotopic (exact) mass is 688 g/mol. The van der Waals surface area contributed by atoms with Crippen molar-refractivity contribution in [1.82, 2.24) is 0 Å². The van der Waals surface area contributed by atoms with Crippen molar-refractivity contribution in [3.63, 3.8) is 0 Å². The van der Waals surface area contributed by atoms with Crippen molar-refractivity contribution < 1.29 is 68.1 Å². The number of hydrogen-bond acceptors (Lipinski definition) is 14. The van der Waals surface area contributed by atoms with Crippen LogP contribution in [0.25, 0.3) is 0 Å². The standard InChI is InChI=1S/C35H44O14/c1-16-21(47-31(43)25(40)17(2)36)14-35(44)29(48-30(42)20-11-9-8-10-12-20)27-33(7,22(39)13-23-34(27,15-45-23)49-19(4)38)28(41)26(46-18(3)37)24(16)32(35,5)6/h8-12,17,21-23,25-27,29,36,39-40,44H,13-15H2,1-7H3/t17-,21+,22+,23-,25-,26-,27+,29+,33-,34+,35+/m1/s1. The Morgan fingerprint density at radius 2 is 1.61 bits per heavy atom. The van der Waals surface area contributed by atoms with E-state index in [1.54, 1.807) is 32.0 Å². The van der Waals surface area contributed by atoms with Crippen LogP contribution in [0.3, 0.4) is 0 Å². The summed E-state index contributed by atoms with van der Waals surface area (Å²) in [7, 11) is 0. The summed E-state index contributed by atoms with van der Waals surface area (Å²) in [6.45, 7) is 9.13. The molecule has 0 radical (unpaired) electrons. The summed E-state index contributed by atoms with van der Waals surface area (Å²) in [4.78, 5) is 67.5. The van der Waals surface area contributed by atoms with Gasteiger partial charge in [-0.3, -0.25) is 14.4 Å². The highest BCUT2D eigenvalue weighted by Crippen LogP contribution is 2.64. The van der Waals surface area contributed by atoms with Crippen molar-refractivity contribution in [2.24, 2.45) is 16.7 Å². The molecule has 1 saturated heterocycles. The lowest BCUT2D eigenvalue weighted by Crippen LogP contribution is -2.82. The minimum atomic E-state index is -2.32. The summed E-state index contributed by atoms with van der Waals surface area (Å²) in [5.74, 6) is -6.14. The molecule has 49 heavy (non-hydrogen) atoms. The Bertz CT molecular complexity index is 1570. The summed E-state index contributed by atoms with van der Waals surface area (Å²) in [5.41, 5.74) is -7.34. The highest BCUT2D eigenvalue weighted by molar-refractivity contribution is 5.95.